The van der Waals surface area contributed by atoms with Gasteiger partial charge in [0.05, 0.1) is 26.7 Å². The molecule has 0 amide bonds. The Labute approximate surface area is 172 Å². The van der Waals surface area contributed by atoms with Gasteiger partial charge in [0.2, 0.25) is 0 Å². The number of methoxy groups -OCH3 is 3. The van der Waals surface area contributed by atoms with Gasteiger partial charge in [-0.15, -0.1) is 0 Å². The molecule has 1 aliphatic rings. The summed E-state index contributed by atoms with van der Waals surface area (Å²) in [6.45, 7) is 6.56. The summed E-state index contributed by atoms with van der Waals surface area (Å²) < 4.78 is 17.4. The molecule has 0 aliphatic carbocycles. The van der Waals surface area contributed by atoms with Crippen LogP contribution in [0.15, 0.2) is 36.4 Å². The lowest BCUT2D eigenvalue weighted by Gasteiger charge is -2.32. The number of nitrogens with one attached hydrogen (secondary N) is 1. The Morgan fingerprint density at radius 2 is 1.69 bits per heavy atom. The minimum Gasteiger partial charge on any atom is -0.496 e. The molecule has 2 unspecified atom stereocenters. The van der Waals surface area contributed by atoms with Crippen molar-refractivity contribution in [2.24, 2.45) is 0 Å². The van der Waals surface area contributed by atoms with Crippen LogP contribution >= 0.6 is 0 Å². The summed E-state index contributed by atoms with van der Waals surface area (Å²) in [6, 6.07) is 13.4. The van der Waals surface area contributed by atoms with Crippen molar-refractivity contribution in [3.05, 3.63) is 53.1 Å². The molecule has 152 valence electrons. The van der Waals surface area contributed by atoms with Gasteiger partial charge in [-0.2, -0.15) is 0 Å². The van der Waals surface area contributed by atoms with E-state index >= 15 is 0 Å². The average molecular weight is 392 g/mol. The zero-order valence-corrected chi connectivity index (χ0v) is 18.1. The Balaban J connectivity index is 2.06. The van der Waals surface area contributed by atoms with Crippen LogP contribution in [0.2, 0.25) is 0 Å². The van der Waals surface area contributed by atoms with Gasteiger partial charge in [-0.25, -0.2) is 0 Å². The third-order valence-corrected chi connectivity index (χ3v) is 5.98. The third-order valence-electron chi connectivity index (χ3n) is 5.98. The fourth-order valence-corrected chi connectivity index (χ4v) is 4.84. The van der Waals surface area contributed by atoms with Gasteiger partial charge in [-0.3, -0.25) is 0 Å². The van der Waals surface area contributed by atoms with E-state index in [1.165, 1.54) is 11.1 Å². The fraction of sp³-hybridized carbons (Fsp3) is 0.360. The molecule has 1 N–H and O–H groups in total. The summed E-state index contributed by atoms with van der Waals surface area (Å²) in [5.74, 6) is 2.58. The van der Waals surface area contributed by atoms with Gasteiger partial charge in [0.25, 0.3) is 0 Å². The minimum atomic E-state index is 0.239. The normalized spacial score (nSPS) is 18.4. The quantitative estimate of drug-likeness (QED) is 0.643. The Bertz CT molecular complexity index is 1070. The molecule has 0 saturated heterocycles. The molecular formula is C25H29NO3. The number of benzene rings is 3. The standard InChI is InChI=1S/C25H29NO3/c1-14-12-21(28-5)24-18(8-7-9-20(24)27-4)22(14)19-11-10-17-13-15(2)26-16(3)23(17)25(19)29-6/h7-12,15-16,26H,13H2,1-6H3. The van der Waals surface area contributed by atoms with E-state index in [2.05, 4.69) is 50.4 Å². The highest BCUT2D eigenvalue weighted by atomic mass is 16.5. The van der Waals surface area contributed by atoms with Gasteiger partial charge in [0.1, 0.15) is 17.2 Å². The lowest BCUT2D eigenvalue weighted by molar-refractivity contribution is 0.383. The van der Waals surface area contributed by atoms with Crippen LogP contribution in [0.3, 0.4) is 0 Å². The van der Waals surface area contributed by atoms with Gasteiger partial charge in [-0.05, 0) is 61.4 Å². The summed E-state index contributed by atoms with van der Waals surface area (Å²) >= 11 is 0. The molecule has 3 aromatic rings. The van der Waals surface area contributed by atoms with Crippen molar-refractivity contribution < 1.29 is 14.2 Å². The summed E-state index contributed by atoms with van der Waals surface area (Å²) in [7, 11) is 5.17. The summed E-state index contributed by atoms with van der Waals surface area (Å²) in [5.41, 5.74) is 6.02. The predicted octanol–water partition coefficient (Wildman–Crippen LogP) is 5.44. The molecule has 0 saturated carbocycles. The first-order valence-corrected chi connectivity index (χ1v) is 10.1. The van der Waals surface area contributed by atoms with Gasteiger partial charge in [0.15, 0.2) is 0 Å². The fourth-order valence-electron chi connectivity index (χ4n) is 4.84. The maximum Gasteiger partial charge on any atom is 0.131 e. The lowest BCUT2D eigenvalue weighted by atomic mass is 9.85. The summed E-state index contributed by atoms with van der Waals surface area (Å²) in [5, 5.41) is 5.74. The van der Waals surface area contributed by atoms with E-state index in [-0.39, 0.29) is 6.04 Å². The lowest BCUT2D eigenvalue weighted by Crippen LogP contribution is -2.36. The van der Waals surface area contributed by atoms with E-state index in [9.17, 15) is 0 Å². The maximum atomic E-state index is 6.02. The van der Waals surface area contributed by atoms with Crippen LogP contribution in [0.25, 0.3) is 21.9 Å². The number of fused-ring (bicyclic) bond motifs is 2. The third kappa shape index (κ3) is 3.12. The zero-order chi connectivity index (χ0) is 20.7. The maximum absolute atomic E-state index is 6.02. The van der Waals surface area contributed by atoms with E-state index in [0.717, 1.165) is 51.1 Å². The second kappa shape index (κ2) is 7.60. The van der Waals surface area contributed by atoms with Crippen LogP contribution < -0.4 is 19.5 Å². The second-order valence-corrected chi connectivity index (χ2v) is 7.87. The van der Waals surface area contributed by atoms with E-state index in [0.29, 0.717) is 6.04 Å². The van der Waals surface area contributed by atoms with Crippen molar-refractivity contribution in [1.29, 1.82) is 0 Å². The zero-order valence-electron chi connectivity index (χ0n) is 18.1. The molecule has 4 rings (SSSR count). The number of ether oxygens (including phenoxy) is 3. The monoisotopic (exact) mass is 391 g/mol. The molecule has 0 aromatic heterocycles. The molecule has 4 nitrogen and oxygen atoms in total. The van der Waals surface area contributed by atoms with Gasteiger partial charge >= 0.3 is 0 Å². The highest BCUT2D eigenvalue weighted by molar-refractivity contribution is 6.05. The molecular weight excluding hydrogens is 362 g/mol. The molecule has 0 fully saturated rings. The van der Waals surface area contributed by atoms with Gasteiger partial charge < -0.3 is 19.5 Å². The SMILES string of the molecule is COc1c(-c2c(C)cc(OC)c3c(OC)cccc23)ccc2c1C(C)NC(C)C2. The van der Waals surface area contributed by atoms with Crippen molar-refractivity contribution in [2.45, 2.75) is 39.3 Å². The van der Waals surface area contributed by atoms with E-state index in [1.54, 1.807) is 21.3 Å². The first-order chi connectivity index (χ1) is 14.0. The Kier molecular flexibility index (Phi) is 5.13. The van der Waals surface area contributed by atoms with E-state index in [4.69, 9.17) is 14.2 Å². The molecule has 1 heterocycles. The summed E-state index contributed by atoms with van der Waals surface area (Å²) in [6.07, 6.45) is 1.01. The largest absolute Gasteiger partial charge is 0.496 e. The van der Waals surface area contributed by atoms with Crippen LogP contribution in [-0.2, 0) is 6.42 Å². The Morgan fingerprint density at radius 3 is 2.38 bits per heavy atom. The molecule has 0 radical (unpaired) electrons. The van der Waals surface area contributed by atoms with Crippen LogP contribution in [0.1, 0.15) is 36.6 Å². The molecule has 2 atom stereocenters. The first-order valence-electron chi connectivity index (χ1n) is 10.1. The van der Waals surface area contributed by atoms with Crippen LogP contribution in [-0.4, -0.2) is 27.4 Å². The van der Waals surface area contributed by atoms with Gasteiger partial charge in [-0.1, -0.05) is 24.3 Å². The molecule has 3 aromatic carbocycles. The van der Waals surface area contributed by atoms with E-state index in [1.807, 2.05) is 12.1 Å². The molecule has 1 aliphatic heterocycles. The first kappa shape index (κ1) is 19.6. The van der Waals surface area contributed by atoms with Crippen LogP contribution in [0.5, 0.6) is 17.2 Å². The Morgan fingerprint density at radius 1 is 0.931 bits per heavy atom. The predicted molar refractivity (Wildman–Crippen MR) is 118 cm³/mol. The smallest absolute Gasteiger partial charge is 0.131 e. The molecule has 0 spiro atoms. The van der Waals surface area contributed by atoms with Gasteiger partial charge in [0, 0.05) is 23.2 Å². The van der Waals surface area contributed by atoms with Crippen LogP contribution in [0.4, 0.5) is 0 Å². The highest BCUT2D eigenvalue weighted by Crippen LogP contribution is 2.47. The second-order valence-electron chi connectivity index (χ2n) is 7.87. The summed E-state index contributed by atoms with van der Waals surface area (Å²) in [4.78, 5) is 0. The highest BCUT2D eigenvalue weighted by Gasteiger charge is 2.27. The van der Waals surface area contributed by atoms with Crippen molar-refractivity contribution in [3.8, 4) is 28.4 Å². The van der Waals surface area contributed by atoms with E-state index < -0.39 is 0 Å². The number of aryl methyl sites for hydroxylation is 1. The number of hydrogen-bond acceptors (Lipinski definition) is 4. The Hall–Kier alpha value is -2.72. The van der Waals surface area contributed by atoms with Crippen molar-refractivity contribution in [2.75, 3.05) is 21.3 Å². The minimum absolute atomic E-state index is 0.239. The molecule has 0 bridgehead atoms. The molecule has 29 heavy (non-hydrogen) atoms. The van der Waals surface area contributed by atoms with Crippen molar-refractivity contribution >= 4 is 10.8 Å². The number of hydrogen-bond donors (Lipinski definition) is 1. The van der Waals surface area contributed by atoms with Crippen LogP contribution in [0, 0.1) is 6.92 Å². The topological polar surface area (TPSA) is 39.7 Å². The average Bonchev–Trinajstić information content (AvgIpc) is 2.71. The molecule has 4 heteroatoms. The number of rotatable bonds is 4. The van der Waals surface area contributed by atoms with Crippen molar-refractivity contribution in [1.82, 2.24) is 5.32 Å². The van der Waals surface area contributed by atoms with Crippen molar-refractivity contribution in [3.63, 3.8) is 0 Å².